The van der Waals surface area contributed by atoms with Gasteiger partial charge in [0, 0.05) is 32.4 Å². The lowest BCUT2D eigenvalue weighted by Gasteiger charge is -2.35. The van der Waals surface area contributed by atoms with Gasteiger partial charge >= 0.3 is 0 Å². The average molecular weight is 384 g/mol. The van der Waals surface area contributed by atoms with Crippen LogP contribution >= 0.6 is 0 Å². The van der Waals surface area contributed by atoms with Crippen LogP contribution < -0.4 is 19.7 Å². The van der Waals surface area contributed by atoms with Crippen LogP contribution in [0.25, 0.3) is 0 Å². The van der Waals surface area contributed by atoms with Crippen molar-refractivity contribution in [3.63, 3.8) is 0 Å². The van der Waals surface area contributed by atoms with Crippen LogP contribution in [0.5, 0.6) is 11.5 Å². The van der Waals surface area contributed by atoms with Crippen molar-refractivity contribution in [1.82, 2.24) is 15.2 Å². The van der Waals surface area contributed by atoms with E-state index < -0.39 is 5.91 Å². The van der Waals surface area contributed by atoms with E-state index in [2.05, 4.69) is 15.2 Å². The molecule has 8 heteroatoms. The largest absolute Gasteiger partial charge is 0.496 e. The molecule has 1 aliphatic heterocycles. The van der Waals surface area contributed by atoms with Crippen LogP contribution in [0.15, 0.2) is 42.6 Å². The van der Waals surface area contributed by atoms with Crippen molar-refractivity contribution in [2.75, 3.05) is 51.8 Å². The van der Waals surface area contributed by atoms with Gasteiger partial charge in [-0.15, -0.1) is 0 Å². The maximum absolute atomic E-state index is 12.6. The summed E-state index contributed by atoms with van der Waals surface area (Å²) >= 11 is 0. The van der Waals surface area contributed by atoms with Gasteiger partial charge in [0.1, 0.15) is 22.9 Å². The number of nitrogens with zero attached hydrogens (tertiary/aromatic N) is 3. The number of nitrogens with one attached hydrogen (secondary N) is 1. The van der Waals surface area contributed by atoms with E-state index in [0.29, 0.717) is 37.7 Å². The number of ether oxygens (including phenoxy) is 2. The summed E-state index contributed by atoms with van der Waals surface area (Å²) in [7, 11) is 2.97. The van der Waals surface area contributed by atoms with Gasteiger partial charge in [-0.2, -0.15) is 0 Å². The van der Waals surface area contributed by atoms with E-state index >= 15 is 0 Å². The predicted octanol–water partition coefficient (Wildman–Crippen LogP) is 1.18. The van der Waals surface area contributed by atoms with Crippen molar-refractivity contribution in [2.24, 2.45) is 0 Å². The molecule has 2 heterocycles. The molecule has 1 aliphatic rings. The number of methoxy groups -OCH3 is 2. The number of rotatable bonds is 6. The molecule has 0 atom stereocenters. The van der Waals surface area contributed by atoms with Crippen LogP contribution in [-0.4, -0.2) is 68.6 Å². The number of benzene rings is 1. The Morgan fingerprint density at radius 1 is 1.00 bits per heavy atom. The molecule has 0 aliphatic carbocycles. The molecule has 0 radical (unpaired) electrons. The first kappa shape index (κ1) is 19.5. The molecular weight excluding hydrogens is 360 g/mol. The van der Waals surface area contributed by atoms with Crippen LogP contribution in [0.3, 0.4) is 0 Å². The number of piperazine rings is 1. The molecular formula is C20H24N4O4. The van der Waals surface area contributed by atoms with Crippen molar-refractivity contribution in [1.29, 1.82) is 0 Å². The van der Waals surface area contributed by atoms with Gasteiger partial charge in [-0.05, 0) is 24.3 Å². The fourth-order valence-electron chi connectivity index (χ4n) is 3.16. The minimum absolute atomic E-state index is 0.0797. The third-order valence-electron chi connectivity index (χ3n) is 4.66. The van der Waals surface area contributed by atoms with E-state index in [9.17, 15) is 9.59 Å². The van der Waals surface area contributed by atoms with Gasteiger partial charge in [0.05, 0.1) is 20.8 Å². The molecule has 2 amide bonds. The maximum Gasteiger partial charge on any atom is 0.259 e. The Balaban J connectivity index is 1.55. The SMILES string of the molecule is COc1cccc(OC)c1C(=O)NCC(=O)N1CCN(c2ccccn2)CC1. The number of anilines is 1. The number of aromatic nitrogens is 1. The summed E-state index contributed by atoms with van der Waals surface area (Å²) in [4.78, 5) is 33.3. The Bertz CT molecular complexity index is 798. The number of amides is 2. The molecule has 8 nitrogen and oxygen atoms in total. The standard InChI is InChI=1S/C20H24N4O4/c1-27-15-6-5-7-16(28-2)19(15)20(26)22-14-18(25)24-12-10-23(11-13-24)17-8-3-4-9-21-17/h3-9H,10-14H2,1-2H3,(H,22,26). The summed E-state index contributed by atoms with van der Waals surface area (Å²) in [6.07, 6.45) is 1.76. The molecule has 2 aromatic rings. The molecule has 1 fully saturated rings. The zero-order valence-electron chi connectivity index (χ0n) is 16.1. The lowest BCUT2D eigenvalue weighted by molar-refractivity contribution is -0.130. The van der Waals surface area contributed by atoms with Crippen molar-refractivity contribution in [2.45, 2.75) is 0 Å². The van der Waals surface area contributed by atoms with Crippen molar-refractivity contribution < 1.29 is 19.1 Å². The quantitative estimate of drug-likeness (QED) is 0.805. The predicted molar refractivity (Wildman–Crippen MR) is 105 cm³/mol. The first-order valence-electron chi connectivity index (χ1n) is 9.07. The molecule has 0 bridgehead atoms. The van der Waals surface area contributed by atoms with E-state index in [-0.39, 0.29) is 18.0 Å². The first-order valence-corrected chi connectivity index (χ1v) is 9.07. The van der Waals surface area contributed by atoms with E-state index in [4.69, 9.17) is 9.47 Å². The van der Waals surface area contributed by atoms with Crippen molar-refractivity contribution >= 4 is 17.6 Å². The molecule has 1 saturated heterocycles. The third kappa shape index (κ3) is 4.33. The number of hydrogen-bond donors (Lipinski definition) is 1. The van der Waals surface area contributed by atoms with Gasteiger partial charge in [-0.3, -0.25) is 9.59 Å². The van der Waals surface area contributed by atoms with Gasteiger partial charge in [0.25, 0.3) is 5.91 Å². The summed E-state index contributed by atoms with van der Waals surface area (Å²) in [6, 6.07) is 10.9. The molecule has 1 N–H and O–H groups in total. The minimum atomic E-state index is -0.408. The highest BCUT2D eigenvalue weighted by Gasteiger charge is 2.23. The zero-order chi connectivity index (χ0) is 19.9. The third-order valence-corrected chi connectivity index (χ3v) is 4.66. The fraction of sp³-hybridized carbons (Fsp3) is 0.350. The lowest BCUT2D eigenvalue weighted by Crippen LogP contribution is -2.51. The Hall–Kier alpha value is -3.29. The molecule has 148 valence electrons. The van der Waals surface area contributed by atoms with E-state index in [1.54, 1.807) is 29.3 Å². The summed E-state index contributed by atoms with van der Waals surface area (Å²) in [5, 5.41) is 2.67. The monoisotopic (exact) mass is 384 g/mol. The van der Waals surface area contributed by atoms with Gasteiger partial charge in [-0.25, -0.2) is 4.98 Å². The topological polar surface area (TPSA) is 84.0 Å². The van der Waals surface area contributed by atoms with Crippen LogP contribution in [0.2, 0.25) is 0 Å². The van der Waals surface area contributed by atoms with E-state index in [1.807, 2.05) is 18.2 Å². The number of pyridine rings is 1. The summed E-state index contributed by atoms with van der Waals surface area (Å²) in [5.74, 6) is 1.17. The molecule has 0 saturated carbocycles. The normalized spacial score (nSPS) is 13.8. The van der Waals surface area contributed by atoms with E-state index in [0.717, 1.165) is 5.82 Å². The van der Waals surface area contributed by atoms with Crippen LogP contribution in [0, 0.1) is 0 Å². The second-order valence-electron chi connectivity index (χ2n) is 6.28. The minimum Gasteiger partial charge on any atom is -0.496 e. The van der Waals surface area contributed by atoms with Crippen LogP contribution in [-0.2, 0) is 4.79 Å². The second-order valence-corrected chi connectivity index (χ2v) is 6.28. The zero-order valence-corrected chi connectivity index (χ0v) is 16.1. The Morgan fingerprint density at radius 3 is 2.25 bits per heavy atom. The summed E-state index contributed by atoms with van der Waals surface area (Å²) < 4.78 is 10.5. The summed E-state index contributed by atoms with van der Waals surface area (Å²) in [5.41, 5.74) is 0.278. The Morgan fingerprint density at radius 2 is 1.68 bits per heavy atom. The average Bonchev–Trinajstić information content (AvgIpc) is 2.77. The molecule has 1 aromatic heterocycles. The first-order chi connectivity index (χ1) is 13.6. The molecule has 28 heavy (non-hydrogen) atoms. The number of carbonyl (C=O) groups excluding carboxylic acids is 2. The van der Waals surface area contributed by atoms with Crippen LogP contribution in [0.4, 0.5) is 5.82 Å². The highest BCUT2D eigenvalue weighted by atomic mass is 16.5. The highest BCUT2D eigenvalue weighted by molar-refractivity contribution is 6.01. The maximum atomic E-state index is 12.6. The number of carbonyl (C=O) groups is 2. The molecule has 3 rings (SSSR count). The second kappa shape index (κ2) is 9.07. The Kier molecular flexibility index (Phi) is 6.31. The van der Waals surface area contributed by atoms with Gasteiger partial charge in [0.2, 0.25) is 5.91 Å². The van der Waals surface area contributed by atoms with Crippen molar-refractivity contribution in [3.8, 4) is 11.5 Å². The smallest absolute Gasteiger partial charge is 0.259 e. The molecule has 0 spiro atoms. The fourth-order valence-corrected chi connectivity index (χ4v) is 3.16. The van der Waals surface area contributed by atoms with Crippen molar-refractivity contribution in [3.05, 3.63) is 48.2 Å². The lowest BCUT2D eigenvalue weighted by atomic mass is 10.1. The van der Waals surface area contributed by atoms with Gasteiger partial charge in [0.15, 0.2) is 0 Å². The van der Waals surface area contributed by atoms with E-state index in [1.165, 1.54) is 14.2 Å². The van der Waals surface area contributed by atoms with Crippen LogP contribution in [0.1, 0.15) is 10.4 Å². The molecule has 0 unspecified atom stereocenters. The number of hydrogen-bond acceptors (Lipinski definition) is 6. The Labute approximate surface area is 164 Å². The highest BCUT2D eigenvalue weighted by Crippen LogP contribution is 2.27. The summed E-state index contributed by atoms with van der Waals surface area (Å²) in [6.45, 7) is 2.50. The van der Waals surface area contributed by atoms with Gasteiger partial charge < -0.3 is 24.6 Å². The molecule has 1 aromatic carbocycles. The van der Waals surface area contributed by atoms with Gasteiger partial charge in [-0.1, -0.05) is 12.1 Å².